The van der Waals surface area contributed by atoms with Crippen LogP contribution in [0.2, 0.25) is 10.0 Å². The molecule has 0 radical (unpaired) electrons. The molecule has 0 aliphatic rings. The Hall–Kier alpha value is -1.08. The third kappa shape index (κ3) is 2.92. The molecule has 8 heteroatoms. The molecule has 0 aliphatic heterocycles. The van der Waals surface area contributed by atoms with Crippen LogP contribution in [0.5, 0.6) is 0 Å². The number of nitrogens with one attached hydrogen (secondary N) is 1. The maximum atomic E-state index is 12.2. The summed E-state index contributed by atoms with van der Waals surface area (Å²) < 4.78 is 25.5. The van der Waals surface area contributed by atoms with Crippen molar-refractivity contribution in [2.24, 2.45) is 0 Å². The van der Waals surface area contributed by atoms with Crippen molar-refractivity contribution in [3.05, 3.63) is 46.3 Å². The average Bonchev–Trinajstić information content (AvgIpc) is 2.89. The van der Waals surface area contributed by atoms with Gasteiger partial charge in [0, 0.05) is 13.6 Å². The van der Waals surface area contributed by atoms with E-state index in [-0.39, 0.29) is 11.6 Å². The zero-order chi connectivity index (χ0) is 14.0. The Morgan fingerprint density at radius 3 is 2.74 bits per heavy atom. The first-order chi connectivity index (χ1) is 8.93. The van der Waals surface area contributed by atoms with Crippen LogP contribution in [0, 0.1) is 0 Å². The SMILES string of the molecule is CN(Cc1cccc(Cl)c1Cl)S(=O)(=O)c1cnc[nH]1. The number of nitrogens with zero attached hydrogens (tertiary/aromatic N) is 2. The molecule has 0 bridgehead atoms. The molecule has 0 spiro atoms. The van der Waals surface area contributed by atoms with Crippen molar-refractivity contribution in [2.45, 2.75) is 11.6 Å². The van der Waals surface area contributed by atoms with Crippen LogP contribution in [0.3, 0.4) is 0 Å². The number of H-pyrrole nitrogens is 1. The molecule has 1 aromatic carbocycles. The number of rotatable bonds is 4. The van der Waals surface area contributed by atoms with Gasteiger partial charge in [-0.2, -0.15) is 4.31 Å². The van der Waals surface area contributed by atoms with Crippen LogP contribution >= 0.6 is 23.2 Å². The number of sulfonamides is 1. The molecule has 1 heterocycles. The number of aromatic nitrogens is 2. The summed E-state index contributed by atoms with van der Waals surface area (Å²) in [6, 6.07) is 5.10. The predicted molar refractivity (Wildman–Crippen MR) is 73.7 cm³/mol. The zero-order valence-corrected chi connectivity index (χ0v) is 12.3. The maximum absolute atomic E-state index is 12.2. The van der Waals surface area contributed by atoms with Crippen molar-refractivity contribution in [1.82, 2.24) is 14.3 Å². The second-order valence-corrected chi connectivity index (χ2v) is 6.69. The first-order valence-corrected chi connectivity index (χ1v) is 7.50. The van der Waals surface area contributed by atoms with Crippen molar-refractivity contribution in [2.75, 3.05) is 7.05 Å². The lowest BCUT2D eigenvalue weighted by Crippen LogP contribution is -2.26. The van der Waals surface area contributed by atoms with Gasteiger partial charge in [0.25, 0.3) is 10.0 Å². The minimum Gasteiger partial charge on any atom is -0.335 e. The summed E-state index contributed by atoms with van der Waals surface area (Å²) in [6.45, 7) is 0.126. The van der Waals surface area contributed by atoms with Crippen LogP contribution in [-0.2, 0) is 16.6 Å². The lowest BCUT2D eigenvalue weighted by atomic mass is 10.2. The van der Waals surface area contributed by atoms with E-state index in [1.54, 1.807) is 18.2 Å². The molecule has 1 aromatic heterocycles. The molecule has 5 nitrogen and oxygen atoms in total. The zero-order valence-electron chi connectivity index (χ0n) is 9.97. The standard InChI is InChI=1S/C11H11Cl2N3O2S/c1-16(19(17,18)10-5-14-7-15-10)6-8-3-2-4-9(12)11(8)13/h2-5,7H,6H2,1H3,(H,14,15). The van der Waals surface area contributed by atoms with Crippen LogP contribution < -0.4 is 0 Å². The molecule has 0 atom stereocenters. The number of halogens is 2. The molecule has 2 aromatic rings. The van der Waals surface area contributed by atoms with Gasteiger partial charge in [0.1, 0.15) is 0 Å². The Bertz CT molecular complexity index is 671. The van der Waals surface area contributed by atoms with Crippen molar-refractivity contribution in [1.29, 1.82) is 0 Å². The summed E-state index contributed by atoms with van der Waals surface area (Å²) in [5, 5.41) is 0.787. The second-order valence-electron chi connectivity index (χ2n) is 3.89. The van der Waals surface area contributed by atoms with Crippen LogP contribution in [0.25, 0.3) is 0 Å². The fourth-order valence-corrected chi connectivity index (χ4v) is 2.97. The highest BCUT2D eigenvalue weighted by atomic mass is 35.5. The summed E-state index contributed by atoms with van der Waals surface area (Å²) in [6.07, 6.45) is 2.57. The van der Waals surface area contributed by atoms with Gasteiger partial charge in [-0.1, -0.05) is 35.3 Å². The van der Waals surface area contributed by atoms with Gasteiger partial charge < -0.3 is 4.98 Å². The minimum atomic E-state index is -3.61. The molecule has 2 rings (SSSR count). The largest absolute Gasteiger partial charge is 0.335 e. The van der Waals surface area contributed by atoms with Crippen molar-refractivity contribution in [3.8, 4) is 0 Å². The van der Waals surface area contributed by atoms with E-state index in [2.05, 4.69) is 9.97 Å². The molecular formula is C11H11Cl2N3O2S. The van der Waals surface area contributed by atoms with Gasteiger partial charge >= 0.3 is 0 Å². The second kappa shape index (κ2) is 5.50. The Morgan fingerprint density at radius 1 is 1.37 bits per heavy atom. The van der Waals surface area contributed by atoms with E-state index in [0.29, 0.717) is 15.6 Å². The lowest BCUT2D eigenvalue weighted by Gasteiger charge is -2.17. The fraction of sp³-hybridized carbons (Fsp3) is 0.182. The molecule has 0 aliphatic carbocycles. The van der Waals surface area contributed by atoms with Crippen LogP contribution in [0.4, 0.5) is 0 Å². The minimum absolute atomic E-state index is 0.0353. The monoisotopic (exact) mass is 319 g/mol. The van der Waals surface area contributed by atoms with Crippen molar-refractivity contribution >= 4 is 33.2 Å². The van der Waals surface area contributed by atoms with E-state index in [1.807, 2.05) is 0 Å². The molecule has 0 saturated heterocycles. The average molecular weight is 320 g/mol. The number of benzene rings is 1. The molecule has 1 N–H and O–H groups in total. The first-order valence-electron chi connectivity index (χ1n) is 5.30. The third-order valence-corrected chi connectivity index (χ3v) is 5.17. The topological polar surface area (TPSA) is 66.1 Å². The summed E-state index contributed by atoms with van der Waals surface area (Å²) in [5.74, 6) is 0. The number of imidazole rings is 1. The summed E-state index contributed by atoms with van der Waals surface area (Å²) >= 11 is 11.9. The van der Waals surface area contributed by atoms with Crippen molar-refractivity contribution < 1.29 is 8.42 Å². The quantitative estimate of drug-likeness (QED) is 0.941. The number of hydrogen-bond donors (Lipinski definition) is 1. The lowest BCUT2D eigenvalue weighted by molar-refractivity contribution is 0.464. The first kappa shape index (κ1) is 14.3. The van der Waals surface area contributed by atoms with Crippen molar-refractivity contribution in [3.63, 3.8) is 0 Å². The van der Waals surface area contributed by atoms with E-state index < -0.39 is 10.0 Å². The molecule has 0 unspecified atom stereocenters. The van der Waals surface area contributed by atoms with Crippen LogP contribution in [-0.4, -0.2) is 29.7 Å². The van der Waals surface area contributed by atoms with E-state index in [1.165, 1.54) is 23.9 Å². The fourth-order valence-electron chi connectivity index (χ4n) is 1.55. The van der Waals surface area contributed by atoms with Gasteiger partial charge in [0.05, 0.1) is 22.6 Å². The van der Waals surface area contributed by atoms with Gasteiger partial charge in [-0.15, -0.1) is 0 Å². The van der Waals surface area contributed by atoms with E-state index in [9.17, 15) is 8.42 Å². The molecule has 19 heavy (non-hydrogen) atoms. The summed E-state index contributed by atoms with van der Waals surface area (Å²) in [7, 11) is -2.14. The highest BCUT2D eigenvalue weighted by molar-refractivity contribution is 7.89. The molecular weight excluding hydrogens is 309 g/mol. The van der Waals surface area contributed by atoms with Crippen LogP contribution in [0.15, 0.2) is 35.7 Å². The smallest absolute Gasteiger partial charge is 0.260 e. The summed E-state index contributed by atoms with van der Waals surface area (Å²) in [4.78, 5) is 6.27. The van der Waals surface area contributed by atoms with Gasteiger partial charge in [-0.05, 0) is 11.6 Å². The van der Waals surface area contributed by atoms with E-state index in [0.717, 1.165) is 0 Å². The van der Waals surface area contributed by atoms with Gasteiger partial charge in [-0.25, -0.2) is 13.4 Å². The number of aromatic amines is 1. The Balaban J connectivity index is 2.27. The van der Waals surface area contributed by atoms with Gasteiger partial charge in [0.2, 0.25) is 0 Å². The normalized spacial score (nSPS) is 12.0. The Kier molecular flexibility index (Phi) is 4.15. The predicted octanol–water partition coefficient (Wildman–Crippen LogP) is 2.54. The molecule has 0 saturated carbocycles. The maximum Gasteiger partial charge on any atom is 0.260 e. The highest BCUT2D eigenvalue weighted by Gasteiger charge is 2.23. The summed E-state index contributed by atoms with van der Waals surface area (Å²) in [5.41, 5.74) is 0.639. The Labute approximate surface area is 121 Å². The van der Waals surface area contributed by atoms with Crippen LogP contribution in [0.1, 0.15) is 5.56 Å². The molecule has 0 fully saturated rings. The Morgan fingerprint density at radius 2 is 2.11 bits per heavy atom. The van der Waals surface area contributed by atoms with E-state index in [4.69, 9.17) is 23.2 Å². The van der Waals surface area contributed by atoms with Gasteiger partial charge in [0.15, 0.2) is 5.03 Å². The van der Waals surface area contributed by atoms with Gasteiger partial charge in [-0.3, -0.25) is 0 Å². The third-order valence-electron chi connectivity index (χ3n) is 2.59. The molecule has 0 amide bonds. The van der Waals surface area contributed by atoms with E-state index >= 15 is 0 Å². The number of hydrogen-bond acceptors (Lipinski definition) is 3. The highest BCUT2D eigenvalue weighted by Crippen LogP contribution is 2.27. The molecule has 102 valence electrons.